The van der Waals surface area contributed by atoms with E-state index in [2.05, 4.69) is 29.6 Å². The van der Waals surface area contributed by atoms with Crippen LogP contribution in [0.1, 0.15) is 4.88 Å². The van der Waals surface area contributed by atoms with Crippen molar-refractivity contribution in [3.8, 4) is 11.1 Å². The summed E-state index contributed by atoms with van der Waals surface area (Å²) in [5.74, 6) is -0.00625. The number of benzene rings is 2. The summed E-state index contributed by atoms with van der Waals surface area (Å²) in [6.45, 7) is 0.0705. The van der Waals surface area contributed by atoms with Crippen LogP contribution in [0.25, 0.3) is 21.2 Å². The lowest BCUT2D eigenvalue weighted by atomic mass is 10.0. The minimum Gasteiger partial charge on any atom is -0.395 e. The largest absolute Gasteiger partial charge is 0.395 e. The molecule has 2 aromatic carbocycles. The predicted molar refractivity (Wildman–Crippen MR) is 104 cm³/mol. The Labute approximate surface area is 153 Å². The Balaban J connectivity index is 1.89. The van der Waals surface area contributed by atoms with Gasteiger partial charge in [-0.25, -0.2) is 0 Å². The number of carbonyl (C=O) groups is 1. The van der Waals surface area contributed by atoms with Crippen molar-refractivity contribution in [2.45, 2.75) is 5.75 Å². The molecule has 25 heavy (non-hydrogen) atoms. The molecule has 3 aromatic rings. The van der Waals surface area contributed by atoms with Crippen LogP contribution >= 0.6 is 11.3 Å². The van der Waals surface area contributed by atoms with Crippen molar-refractivity contribution in [2.75, 3.05) is 18.9 Å². The summed E-state index contributed by atoms with van der Waals surface area (Å²) in [4.78, 5) is 12.7. The lowest BCUT2D eigenvalue weighted by Gasteiger charge is -2.06. The zero-order valence-electron chi connectivity index (χ0n) is 13.6. The first-order chi connectivity index (χ1) is 12.2. The smallest absolute Gasteiger partial charge is 0.232 e. The van der Waals surface area contributed by atoms with Gasteiger partial charge >= 0.3 is 0 Å². The van der Waals surface area contributed by atoms with Gasteiger partial charge in [0, 0.05) is 37.9 Å². The van der Waals surface area contributed by atoms with E-state index in [1.165, 1.54) is 0 Å². The van der Waals surface area contributed by atoms with Crippen LogP contribution in [-0.4, -0.2) is 34.1 Å². The van der Waals surface area contributed by atoms with Crippen LogP contribution in [0, 0.1) is 0 Å². The molecule has 0 aliphatic rings. The predicted octanol–water partition coefficient (Wildman–Crippen LogP) is 2.93. The van der Waals surface area contributed by atoms with Crippen LogP contribution in [0.4, 0.5) is 0 Å². The molecule has 1 atom stereocenters. The van der Waals surface area contributed by atoms with E-state index in [-0.39, 0.29) is 24.8 Å². The van der Waals surface area contributed by atoms with Crippen LogP contribution in [0.15, 0.2) is 54.6 Å². The van der Waals surface area contributed by atoms with Gasteiger partial charge in [0.1, 0.15) is 5.75 Å². The van der Waals surface area contributed by atoms with Crippen LogP contribution in [0.2, 0.25) is 0 Å². The van der Waals surface area contributed by atoms with Crippen molar-refractivity contribution >= 4 is 38.1 Å². The lowest BCUT2D eigenvalue weighted by molar-refractivity contribution is -0.118. The first kappa shape index (κ1) is 17.8. The van der Waals surface area contributed by atoms with Crippen molar-refractivity contribution in [2.24, 2.45) is 0 Å². The Morgan fingerprint density at radius 1 is 1.08 bits per heavy atom. The number of nitrogens with one attached hydrogen (secondary N) is 1. The number of thiophene rings is 1. The number of fused-ring (bicyclic) bond motifs is 1. The number of aliphatic hydroxyl groups excluding tert-OH is 1. The second-order valence-electron chi connectivity index (χ2n) is 5.56. The van der Waals surface area contributed by atoms with Crippen LogP contribution in [-0.2, 0) is 21.3 Å². The summed E-state index contributed by atoms with van der Waals surface area (Å²) in [5.41, 5.74) is 2.20. The van der Waals surface area contributed by atoms with Gasteiger partial charge in [0.25, 0.3) is 0 Å². The van der Waals surface area contributed by atoms with Crippen molar-refractivity contribution < 1.29 is 14.1 Å². The monoisotopic (exact) mass is 373 g/mol. The molecule has 1 heterocycles. The first-order valence-electron chi connectivity index (χ1n) is 7.97. The number of aliphatic hydroxyl groups is 1. The second-order valence-corrected chi connectivity index (χ2v) is 8.16. The highest BCUT2D eigenvalue weighted by atomic mass is 32.2. The van der Waals surface area contributed by atoms with Gasteiger partial charge in [-0.2, -0.15) is 0 Å². The molecule has 1 amide bonds. The molecule has 0 fully saturated rings. The summed E-state index contributed by atoms with van der Waals surface area (Å²) < 4.78 is 13.6. The average molecular weight is 373 g/mol. The number of carbonyl (C=O) groups excluding carboxylic acids is 1. The quantitative estimate of drug-likeness (QED) is 0.669. The van der Waals surface area contributed by atoms with Crippen molar-refractivity contribution in [3.63, 3.8) is 0 Å². The number of hydrogen-bond acceptors (Lipinski definition) is 4. The van der Waals surface area contributed by atoms with Gasteiger partial charge in [0.2, 0.25) is 5.91 Å². The summed E-state index contributed by atoms with van der Waals surface area (Å²) in [6.07, 6.45) is 0. The van der Waals surface area contributed by atoms with E-state index in [9.17, 15) is 9.00 Å². The van der Waals surface area contributed by atoms with Gasteiger partial charge in [-0.1, -0.05) is 48.5 Å². The maximum atomic E-state index is 12.4. The van der Waals surface area contributed by atoms with E-state index in [1.54, 1.807) is 11.3 Å². The zero-order valence-corrected chi connectivity index (χ0v) is 15.2. The van der Waals surface area contributed by atoms with Gasteiger partial charge in [0.05, 0.1) is 12.4 Å². The SMILES string of the molecule is O=C(CS(=O)Cc1sc2ccccc2c1-c1ccccc1)NCCO. The fourth-order valence-electron chi connectivity index (χ4n) is 2.71. The molecule has 1 aromatic heterocycles. The summed E-state index contributed by atoms with van der Waals surface area (Å²) >= 11 is 1.63. The first-order valence-corrected chi connectivity index (χ1v) is 10.3. The summed E-state index contributed by atoms with van der Waals surface area (Å²) in [5, 5.41) is 12.4. The van der Waals surface area contributed by atoms with Gasteiger partial charge < -0.3 is 10.4 Å². The third-order valence-corrected chi connectivity index (χ3v) is 6.30. The van der Waals surface area contributed by atoms with E-state index in [0.29, 0.717) is 5.75 Å². The van der Waals surface area contributed by atoms with Crippen molar-refractivity contribution in [1.82, 2.24) is 5.32 Å². The molecule has 0 aliphatic heterocycles. The fourth-order valence-corrected chi connectivity index (χ4v) is 5.29. The van der Waals surface area contributed by atoms with Crippen molar-refractivity contribution in [3.05, 3.63) is 59.5 Å². The van der Waals surface area contributed by atoms with Crippen LogP contribution < -0.4 is 5.32 Å². The molecular weight excluding hydrogens is 354 g/mol. The minimum absolute atomic E-state index is 0.0531. The Morgan fingerprint density at radius 3 is 2.56 bits per heavy atom. The molecule has 1 unspecified atom stereocenters. The normalized spacial score (nSPS) is 12.2. The topological polar surface area (TPSA) is 66.4 Å². The maximum absolute atomic E-state index is 12.4. The molecule has 6 heteroatoms. The lowest BCUT2D eigenvalue weighted by Crippen LogP contribution is -2.30. The minimum atomic E-state index is -1.30. The molecule has 130 valence electrons. The van der Waals surface area contributed by atoms with Gasteiger partial charge in [0.15, 0.2) is 0 Å². The van der Waals surface area contributed by atoms with Gasteiger partial charge in [-0.15, -0.1) is 11.3 Å². The van der Waals surface area contributed by atoms with E-state index >= 15 is 0 Å². The third-order valence-electron chi connectivity index (χ3n) is 3.75. The molecule has 0 radical (unpaired) electrons. The van der Waals surface area contributed by atoms with E-state index in [4.69, 9.17) is 5.11 Å². The highest BCUT2D eigenvalue weighted by Crippen LogP contribution is 2.39. The Hall–Kier alpha value is -2.02. The second kappa shape index (κ2) is 8.38. The van der Waals surface area contributed by atoms with Crippen LogP contribution in [0.3, 0.4) is 0 Å². The van der Waals surface area contributed by atoms with Gasteiger partial charge in [-0.3, -0.25) is 9.00 Å². The zero-order chi connectivity index (χ0) is 17.6. The molecule has 0 spiro atoms. The molecule has 0 saturated heterocycles. The fraction of sp³-hybridized carbons (Fsp3) is 0.211. The third kappa shape index (κ3) is 4.34. The Kier molecular flexibility index (Phi) is 5.96. The maximum Gasteiger partial charge on any atom is 0.232 e. The molecule has 4 nitrogen and oxygen atoms in total. The number of hydrogen-bond donors (Lipinski definition) is 2. The van der Waals surface area contributed by atoms with E-state index in [0.717, 1.165) is 26.1 Å². The summed E-state index contributed by atoms with van der Waals surface area (Å²) in [7, 11) is -1.30. The highest BCUT2D eigenvalue weighted by Gasteiger charge is 2.17. The average Bonchev–Trinajstić information content (AvgIpc) is 2.98. The highest BCUT2D eigenvalue weighted by molar-refractivity contribution is 7.85. The molecule has 0 aliphatic carbocycles. The molecule has 3 rings (SSSR count). The Bertz CT molecular complexity index is 890. The molecule has 0 bridgehead atoms. The Morgan fingerprint density at radius 2 is 1.80 bits per heavy atom. The summed E-state index contributed by atoms with van der Waals surface area (Å²) in [6, 6.07) is 18.2. The van der Waals surface area contributed by atoms with E-state index < -0.39 is 10.8 Å². The van der Waals surface area contributed by atoms with E-state index in [1.807, 2.05) is 30.3 Å². The number of amides is 1. The molecule has 2 N–H and O–H groups in total. The standard InChI is InChI=1S/C19H19NO3S2/c21-11-10-20-18(22)13-25(23)12-17-19(14-6-2-1-3-7-14)15-8-4-5-9-16(15)24-17/h1-9,21H,10-13H2,(H,20,22). The van der Waals surface area contributed by atoms with Crippen molar-refractivity contribution in [1.29, 1.82) is 0 Å². The van der Waals surface area contributed by atoms with Gasteiger partial charge in [-0.05, 0) is 11.6 Å². The van der Waals surface area contributed by atoms with Crippen LogP contribution in [0.5, 0.6) is 0 Å². The number of rotatable bonds is 7. The molecule has 0 saturated carbocycles. The molecular formula is C19H19NO3S2.